The molecule has 100 valence electrons. The van der Waals surface area contributed by atoms with Crippen molar-refractivity contribution in [1.29, 1.82) is 0 Å². The molecule has 0 aliphatic rings. The number of hydrogen-bond acceptors (Lipinski definition) is 3. The maximum Gasteiger partial charge on any atom is 0.251 e. The molecule has 1 amide bonds. The normalized spacial score (nSPS) is 12.2. The predicted octanol–water partition coefficient (Wildman–Crippen LogP) is 3.31. The number of nitrogens with two attached hydrogens (primary N) is 1. The second-order valence-electron chi connectivity index (χ2n) is 4.38. The molecule has 0 aliphatic carbocycles. The fourth-order valence-electron chi connectivity index (χ4n) is 1.71. The molecule has 0 saturated heterocycles. The summed E-state index contributed by atoms with van der Waals surface area (Å²) < 4.78 is 5.46. The molecular weight excluding hydrogens is 264 g/mol. The number of furan rings is 1. The van der Waals surface area contributed by atoms with Gasteiger partial charge in [-0.1, -0.05) is 11.6 Å². The van der Waals surface area contributed by atoms with E-state index in [0.29, 0.717) is 22.0 Å². The van der Waals surface area contributed by atoms with Gasteiger partial charge in [-0.15, -0.1) is 0 Å². The molecule has 1 unspecified atom stereocenters. The third-order valence-corrected chi connectivity index (χ3v) is 3.13. The number of anilines is 1. The first-order valence-electron chi connectivity index (χ1n) is 5.89. The van der Waals surface area contributed by atoms with E-state index in [1.165, 1.54) is 0 Å². The molecule has 2 aromatic rings. The molecule has 5 heteroatoms. The number of nitrogens with one attached hydrogen (secondary N) is 1. The van der Waals surface area contributed by atoms with Crippen molar-refractivity contribution < 1.29 is 9.21 Å². The minimum absolute atomic E-state index is 0.211. The van der Waals surface area contributed by atoms with Gasteiger partial charge in [-0.25, -0.2) is 0 Å². The molecule has 1 aromatic carbocycles. The van der Waals surface area contributed by atoms with E-state index < -0.39 is 0 Å². The van der Waals surface area contributed by atoms with Gasteiger partial charge in [-0.3, -0.25) is 4.79 Å². The van der Waals surface area contributed by atoms with Crippen molar-refractivity contribution in [2.24, 2.45) is 0 Å². The van der Waals surface area contributed by atoms with Crippen LogP contribution in [0.5, 0.6) is 0 Å². The molecule has 4 nitrogen and oxygen atoms in total. The number of aryl methyl sites for hydroxylation is 1. The highest BCUT2D eigenvalue weighted by molar-refractivity contribution is 6.33. The zero-order chi connectivity index (χ0) is 14.0. The molecule has 0 saturated carbocycles. The Balaban J connectivity index is 2.10. The summed E-state index contributed by atoms with van der Waals surface area (Å²) in [5, 5.41) is 3.21. The van der Waals surface area contributed by atoms with Crippen LogP contribution in [-0.2, 0) is 0 Å². The van der Waals surface area contributed by atoms with E-state index in [0.717, 1.165) is 5.76 Å². The molecule has 2 rings (SSSR count). The summed E-state index contributed by atoms with van der Waals surface area (Å²) in [6, 6.07) is 8.29. The number of carbonyl (C=O) groups excluding carboxylic acids is 1. The summed E-state index contributed by atoms with van der Waals surface area (Å²) >= 11 is 5.89. The highest BCUT2D eigenvalue weighted by atomic mass is 35.5. The molecular formula is C14H15ClN2O2. The monoisotopic (exact) mass is 278 g/mol. The van der Waals surface area contributed by atoms with E-state index in [9.17, 15) is 4.79 Å². The number of nitrogen functional groups attached to an aromatic ring is 1. The Morgan fingerprint density at radius 2 is 2.11 bits per heavy atom. The molecule has 3 N–H and O–H groups in total. The Hall–Kier alpha value is -1.94. The highest BCUT2D eigenvalue weighted by Crippen LogP contribution is 2.21. The lowest BCUT2D eigenvalue weighted by Gasteiger charge is -2.12. The Kier molecular flexibility index (Phi) is 3.81. The Morgan fingerprint density at radius 3 is 2.68 bits per heavy atom. The topological polar surface area (TPSA) is 68.3 Å². The first kappa shape index (κ1) is 13.5. The van der Waals surface area contributed by atoms with Crippen molar-refractivity contribution >= 4 is 23.2 Å². The van der Waals surface area contributed by atoms with Crippen molar-refractivity contribution in [3.05, 3.63) is 52.4 Å². The second kappa shape index (κ2) is 5.36. The number of amides is 1. The van der Waals surface area contributed by atoms with E-state index in [1.54, 1.807) is 18.2 Å². The zero-order valence-corrected chi connectivity index (χ0v) is 11.5. The van der Waals surface area contributed by atoms with Gasteiger partial charge in [0.25, 0.3) is 5.91 Å². The number of hydrogen-bond donors (Lipinski definition) is 2. The Morgan fingerprint density at radius 1 is 1.37 bits per heavy atom. The van der Waals surface area contributed by atoms with E-state index in [4.69, 9.17) is 21.8 Å². The predicted molar refractivity (Wildman–Crippen MR) is 75.2 cm³/mol. The number of rotatable bonds is 3. The van der Waals surface area contributed by atoms with Crippen LogP contribution < -0.4 is 11.1 Å². The van der Waals surface area contributed by atoms with Crippen LogP contribution in [-0.4, -0.2) is 5.91 Å². The first-order valence-corrected chi connectivity index (χ1v) is 6.27. The summed E-state index contributed by atoms with van der Waals surface area (Å²) in [6.45, 7) is 3.72. The molecule has 0 radical (unpaired) electrons. The van der Waals surface area contributed by atoms with Gasteiger partial charge >= 0.3 is 0 Å². The molecule has 19 heavy (non-hydrogen) atoms. The van der Waals surface area contributed by atoms with Gasteiger partial charge < -0.3 is 15.5 Å². The maximum atomic E-state index is 12.0. The Labute approximate surface area is 116 Å². The lowest BCUT2D eigenvalue weighted by Crippen LogP contribution is -2.26. The SMILES string of the molecule is Cc1ccc(C(C)NC(=O)c2ccc(N)c(Cl)c2)o1. The van der Waals surface area contributed by atoms with Gasteiger partial charge in [0, 0.05) is 5.56 Å². The highest BCUT2D eigenvalue weighted by Gasteiger charge is 2.14. The van der Waals surface area contributed by atoms with Gasteiger partial charge in [0.2, 0.25) is 0 Å². The van der Waals surface area contributed by atoms with E-state index in [-0.39, 0.29) is 11.9 Å². The zero-order valence-electron chi connectivity index (χ0n) is 10.7. The average Bonchev–Trinajstić information content (AvgIpc) is 2.79. The summed E-state index contributed by atoms with van der Waals surface area (Å²) in [4.78, 5) is 12.0. The summed E-state index contributed by atoms with van der Waals surface area (Å²) in [6.07, 6.45) is 0. The largest absolute Gasteiger partial charge is 0.464 e. The quantitative estimate of drug-likeness (QED) is 0.846. The van der Waals surface area contributed by atoms with E-state index in [1.807, 2.05) is 26.0 Å². The molecule has 0 spiro atoms. The average molecular weight is 279 g/mol. The van der Waals surface area contributed by atoms with E-state index >= 15 is 0 Å². The van der Waals surface area contributed by atoms with Crippen LogP contribution in [0, 0.1) is 6.92 Å². The molecule has 1 heterocycles. The van der Waals surface area contributed by atoms with Gasteiger partial charge in [-0.05, 0) is 44.2 Å². The number of halogens is 1. The summed E-state index contributed by atoms with van der Waals surface area (Å²) in [5.74, 6) is 1.31. The summed E-state index contributed by atoms with van der Waals surface area (Å²) in [5.41, 5.74) is 6.52. The third kappa shape index (κ3) is 3.09. The van der Waals surface area contributed by atoms with Crippen LogP contribution in [0.4, 0.5) is 5.69 Å². The van der Waals surface area contributed by atoms with Gasteiger partial charge in [0.1, 0.15) is 11.5 Å². The fourth-order valence-corrected chi connectivity index (χ4v) is 1.89. The minimum Gasteiger partial charge on any atom is -0.464 e. The van der Waals surface area contributed by atoms with Crippen molar-refractivity contribution in [2.75, 3.05) is 5.73 Å². The van der Waals surface area contributed by atoms with Crippen molar-refractivity contribution in [2.45, 2.75) is 19.9 Å². The molecule has 0 aliphatic heterocycles. The lowest BCUT2D eigenvalue weighted by molar-refractivity contribution is 0.0935. The van der Waals surface area contributed by atoms with Crippen LogP contribution in [0.15, 0.2) is 34.7 Å². The van der Waals surface area contributed by atoms with Gasteiger partial charge in [0.15, 0.2) is 0 Å². The first-order chi connectivity index (χ1) is 8.97. The fraction of sp³-hybridized carbons (Fsp3) is 0.214. The van der Waals surface area contributed by atoms with Crippen molar-refractivity contribution in [3.63, 3.8) is 0 Å². The maximum absolute atomic E-state index is 12.0. The van der Waals surface area contributed by atoms with Crippen molar-refractivity contribution in [1.82, 2.24) is 5.32 Å². The second-order valence-corrected chi connectivity index (χ2v) is 4.79. The molecule has 1 aromatic heterocycles. The van der Waals surface area contributed by atoms with Crippen LogP contribution >= 0.6 is 11.6 Å². The smallest absolute Gasteiger partial charge is 0.251 e. The number of carbonyl (C=O) groups is 1. The molecule has 1 atom stereocenters. The number of benzene rings is 1. The van der Waals surface area contributed by atoms with Crippen LogP contribution in [0.2, 0.25) is 5.02 Å². The molecule has 0 bridgehead atoms. The van der Waals surface area contributed by atoms with Crippen LogP contribution in [0.1, 0.15) is 34.8 Å². The summed E-state index contributed by atoms with van der Waals surface area (Å²) in [7, 11) is 0. The molecule has 0 fully saturated rings. The standard InChI is InChI=1S/C14H15ClN2O2/c1-8-3-6-13(19-8)9(2)17-14(18)10-4-5-12(16)11(15)7-10/h3-7,9H,16H2,1-2H3,(H,17,18). The van der Waals surface area contributed by atoms with Crippen LogP contribution in [0.25, 0.3) is 0 Å². The van der Waals surface area contributed by atoms with Crippen LogP contribution in [0.3, 0.4) is 0 Å². The van der Waals surface area contributed by atoms with Gasteiger partial charge in [-0.2, -0.15) is 0 Å². The Bertz CT molecular complexity index is 607. The van der Waals surface area contributed by atoms with Crippen molar-refractivity contribution in [3.8, 4) is 0 Å². The van der Waals surface area contributed by atoms with Gasteiger partial charge in [0.05, 0.1) is 16.8 Å². The van der Waals surface area contributed by atoms with E-state index in [2.05, 4.69) is 5.32 Å². The minimum atomic E-state index is -0.219. The third-order valence-electron chi connectivity index (χ3n) is 2.80. The lowest BCUT2D eigenvalue weighted by atomic mass is 10.1.